The summed E-state index contributed by atoms with van der Waals surface area (Å²) in [4.78, 5) is 2.20. The molecule has 0 fully saturated rings. The summed E-state index contributed by atoms with van der Waals surface area (Å²) in [6.07, 6.45) is 0.761. The zero-order chi connectivity index (χ0) is 14.5. The van der Waals surface area contributed by atoms with Crippen LogP contribution in [-0.4, -0.2) is 13.2 Å². The second kappa shape index (κ2) is 7.02. The highest BCUT2D eigenvalue weighted by Gasteiger charge is 2.12. The van der Waals surface area contributed by atoms with Crippen LogP contribution in [-0.2, 0) is 6.42 Å². The number of benzene rings is 2. The highest BCUT2D eigenvalue weighted by Crippen LogP contribution is 2.38. The summed E-state index contributed by atoms with van der Waals surface area (Å²) < 4.78 is 5.39. The third-order valence-corrected chi connectivity index (χ3v) is 4.40. The van der Waals surface area contributed by atoms with Gasteiger partial charge in [-0.25, -0.2) is 0 Å². The van der Waals surface area contributed by atoms with Crippen molar-refractivity contribution in [1.29, 1.82) is 0 Å². The minimum absolute atomic E-state index is 0.0759. The fraction of sp³-hybridized carbons (Fsp3) is 0.250. The van der Waals surface area contributed by atoms with Gasteiger partial charge >= 0.3 is 0 Å². The maximum atomic E-state index is 6.31. The predicted molar refractivity (Wildman–Crippen MR) is 85.9 cm³/mol. The predicted octanol–water partition coefficient (Wildman–Crippen LogP) is 4.39. The normalized spacial score (nSPS) is 12.2. The fourth-order valence-corrected chi connectivity index (χ4v) is 3.38. The average Bonchev–Trinajstić information content (AvgIpc) is 2.43. The fourth-order valence-electron chi connectivity index (χ4n) is 1.98. The van der Waals surface area contributed by atoms with Crippen LogP contribution in [0, 0.1) is 0 Å². The molecule has 2 rings (SSSR count). The van der Waals surface area contributed by atoms with Crippen molar-refractivity contribution in [2.75, 3.05) is 7.11 Å². The average molecular weight is 308 g/mol. The van der Waals surface area contributed by atoms with Gasteiger partial charge in [-0.1, -0.05) is 41.6 Å². The lowest BCUT2D eigenvalue weighted by Crippen LogP contribution is -2.18. The van der Waals surface area contributed by atoms with Crippen LogP contribution < -0.4 is 10.5 Å². The third-order valence-electron chi connectivity index (χ3n) is 2.89. The lowest BCUT2D eigenvalue weighted by atomic mass is 10.1. The van der Waals surface area contributed by atoms with Gasteiger partial charge < -0.3 is 10.5 Å². The smallest absolute Gasteiger partial charge is 0.132 e. The maximum Gasteiger partial charge on any atom is 0.132 e. The molecule has 0 aromatic heterocycles. The molecule has 0 radical (unpaired) electrons. The highest BCUT2D eigenvalue weighted by molar-refractivity contribution is 7.99. The minimum Gasteiger partial charge on any atom is -0.496 e. The third kappa shape index (κ3) is 3.69. The second-order valence-electron chi connectivity index (χ2n) is 4.65. The van der Waals surface area contributed by atoms with Crippen molar-refractivity contribution < 1.29 is 4.74 Å². The molecule has 1 atom stereocenters. The van der Waals surface area contributed by atoms with E-state index in [0.717, 1.165) is 32.5 Å². The summed E-state index contributed by atoms with van der Waals surface area (Å²) in [5, 5.41) is 0.766. The standard InChI is InChI=1S/C16H18ClNOS/c1-11(18)10-12-13(17)6-5-9-15(12)20-16-8-4-3-7-14(16)19-2/h3-9,11H,10,18H2,1-2H3. The zero-order valence-electron chi connectivity index (χ0n) is 11.6. The number of rotatable bonds is 5. The Morgan fingerprint density at radius 3 is 2.55 bits per heavy atom. The van der Waals surface area contributed by atoms with Gasteiger partial charge in [0.1, 0.15) is 5.75 Å². The minimum atomic E-state index is 0.0759. The lowest BCUT2D eigenvalue weighted by molar-refractivity contribution is 0.405. The Labute approximate surface area is 129 Å². The van der Waals surface area contributed by atoms with E-state index in [4.69, 9.17) is 22.1 Å². The lowest BCUT2D eigenvalue weighted by Gasteiger charge is -2.14. The van der Waals surface area contributed by atoms with Crippen LogP contribution in [0.25, 0.3) is 0 Å². The van der Waals surface area contributed by atoms with Gasteiger partial charge in [0.2, 0.25) is 0 Å². The SMILES string of the molecule is COc1ccccc1Sc1cccc(Cl)c1CC(C)N. The number of halogens is 1. The number of ether oxygens (including phenoxy) is 1. The molecule has 0 aliphatic heterocycles. The van der Waals surface area contributed by atoms with Crippen molar-refractivity contribution in [3.05, 3.63) is 53.1 Å². The molecule has 2 N–H and O–H groups in total. The quantitative estimate of drug-likeness (QED) is 0.890. The molecule has 0 heterocycles. The van der Waals surface area contributed by atoms with E-state index in [-0.39, 0.29) is 6.04 Å². The van der Waals surface area contributed by atoms with E-state index in [1.165, 1.54) is 0 Å². The zero-order valence-corrected chi connectivity index (χ0v) is 13.2. The van der Waals surface area contributed by atoms with Crippen LogP contribution >= 0.6 is 23.4 Å². The summed E-state index contributed by atoms with van der Waals surface area (Å²) in [6.45, 7) is 1.99. The summed E-state index contributed by atoms with van der Waals surface area (Å²) in [5.74, 6) is 0.865. The first-order valence-corrected chi connectivity index (χ1v) is 7.65. The molecule has 0 saturated heterocycles. The maximum absolute atomic E-state index is 6.31. The largest absolute Gasteiger partial charge is 0.496 e. The Balaban J connectivity index is 2.35. The van der Waals surface area contributed by atoms with Crippen LogP contribution in [0.3, 0.4) is 0 Å². The molecule has 2 nitrogen and oxygen atoms in total. The van der Waals surface area contributed by atoms with Gasteiger partial charge in [0.25, 0.3) is 0 Å². The van der Waals surface area contributed by atoms with Crippen LogP contribution in [0.5, 0.6) is 5.75 Å². The molecule has 0 aliphatic rings. The number of hydrogen-bond acceptors (Lipinski definition) is 3. The Kier molecular flexibility index (Phi) is 5.35. The van der Waals surface area contributed by atoms with Crippen LogP contribution in [0.4, 0.5) is 0 Å². The summed E-state index contributed by atoms with van der Waals surface area (Å²) in [7, 11) is 1.68. The molecule has 1 unspecified atom stereocenters. The summed E-state index contributed by atoms with van der Waals surface area (Å²) in [5.41, 5.74) is 7.02. The molecule has 106 valence electrons. The number of hydrogen-bond donors (Lipinski definition) is 1. The first-order valence-electron chi connectivity index (χ1n) is 6.45. The molecule has 2 aromatic rings. The van der Waals surface area contributed by atoms with Crippen LogP contribution in [0.15, 0.2) is 52.3 Å². The molecule has 0 saturated carbocycles. The molecular weight excluding hydrogens is 290 g/mol. The van der Waals surface area contributed by atoms with Gasteiger partial charge in [0, 0.05) is 16.0 Å². The molecule has 20 heavy (non-hydrogen) atoms. The summed E-state index contributed by atoms with van der Waals surface area (Å²) in [6, 6.07) is 14.0. The summed E-state index contributed by atoms with van der Waals surface area (Å²) >= 11 is 7.97. The van der Waals surface area contributed by atoms with Gasteiger partial charge in [-0.2, -0.15) is 0 Å². The molecule has 4 heteroatoms. The Bertz CT molecular complexity index is 586. The van der Waals surface area contributed by atoms with E-state index in [1.54, 1.807) is 18.9 Å². The van der Waals surface area contributed by atoms with E-state index in [0.29, 0.717) is 0 Å². The van der Waals surface area contributed by atoms with E-state index >= 15 is 0 Å². The van der Waals surface area contributed by atoms with E-state index in [9.17, 15) is 0 Å². The second-order valence-corrected chi connectivity index (χ2v) is 6.14. The van der Waals surface area contributed by atoms with Gasteiger partial charge in [-0.05, 0) is 43.2 Å². The van der Waals surface area contributed by atoms with Gasteiger partial charge in [-0.3, -0.25) is 0 Å². The molecular formula is C16H18ClNOS. The monoisotopic (exact) mass is 307 g/mol. The first kappa shape index (κ1) is 15.2. The van der Waals surface area contributed by atoms with Crippen molar-refractivity contribution in [3.8, 4) is 5.75 Å². The first-order chi connectivity index (χ1) is 9.61. The van der Waals surface area contributed by atoms with Crippen molar-refractivity contribution in [2.24, 2.45) is 5.73 Å². The topological polar surface area (TPSA) is 35.2 Å². The molecule has 0 amide bonds. The molecule has 0 bridgehead atoms. The number of methoxy groups -OCH3 is 1. The van der Waals surface area contributed by atoms with Crippen LogP contribution in [0.2, 0.25) is 5.02 Å². The van der Waals surface area contributed by atoms with Gasteiger partial charge in [0.15, 0.2) is 0 Å². The van der Waals surface area contributed by atoms with Crippen molar-refractivity contribution in [1.82, 2.24) is 0 Å². The van der Waals surface area contributed by atoms with E-state index in [2.05, 4.69) is 6.07 Å². The Morgan fingerprint density at radius 2 is 1.85 bits per heavy atom. The van der Waals surface area contributed by atoms with E-state index < -0.39 is 0 Å². The van der Waals surface area contributed by atoms with Crippen molar-refractivity contribution in [3.63, 3.8) is 0 Å². The van der Waals surface area contributed by atoms with Gasteiger partial charge in [-0.15, -0.1) is 0 Å². The Hall–Kier alpha value is -1.16. The van der Waals surface area contributed by atoms with E-state index in [1.807, 2.05) is 43.3 Å². The number of nitrogens with two attached hydrogens (primary N) is 1. The van der Waals surface area contributed by atoms with Crippen molar-refractivity contribution in [2.45, 2.75) is 29.2 Å². The highest BCUT2D eigenvalue weighted by atomic mass is 35.5. The van der Waals surface area contributed by atoms with Crippen LogP contribution in [0.1, 0.15) is 12.5 Å². The van der Waals surface area contributed by atoms with Crippen molar-refractivity contribution >= 4 is 23.4 Å². The van der Waals surface area contributed by atoms with Gasteiger partial charge in [0.05, 0.1) is 12.0 Å². The Morgan fingerprint density at radius 1 is 1.15 bits per heavy atom. The molecule has 2 aromatic carbocycles. The molecule has 0 aliphatic carbocycles. The molecule has 0 spiro atoms. The number of para-hydroxylation sites is 1.